The van der Waals surface area contributed by atoms with Gasteiger partial charge in [0, 0.05) is 13.1 Å². The normalized spacial score (nSPS) is 17.5. The van der Waals surface area contributed by atoms with E-state index in [0.717, 1.165) is 0 Å². The first kappa shape index (κ1) is 14.9. The molecule has 0 aliphatic carbocycles. The lowest BCUT2D eigenvalue weighted by Gasteiger charge is -2.32. The zero-order valence-electron chi connectivity index (χ0n) is 11.0. The molecule has 0 aromatic carbocycles. The minimum atomic E-state index is -3.12. The van der Waals surface area contributed by atoms with Gasteiger partial charge in [-0.05, 0) is 32.6 Å². The number of hydrogen-bond acceptors (Lipinski definition) is 2. The van der Waals surface area contributed by atoms with E-state index in [1.54, 1.807) is 20.9 Å². The second-order valence-corrected chi connectivity index (χ2v) is 7.50. The number of rotatable bonds is 5. The highest BCUT2D eigenvalue weighted by Gasteiger charge is 2.30. The topological polar surface area (TPSA) is 37.4 Å². The Morgan fingerprint density at radius 2 is 1.33 bits per heavy atom. The fourth-order valence-electron chi connectivity index (χ4n) is 1.45. The number of nitrogens with zero attached hydrogens (tertiary/aromatic N) is 1. The van der Waals surface area contributed by atoms with Gasteiger partial charge in [-0.15, -0.1) is 0 Å². The first-order valence-electron chi connectivity index (χ1n) is 5.59. The Balaban J connectivity index is 4.80. The predicted molar refractivity (Wildman–Crippen MR) is 65.3 cm³/mol. The molecule has 0 saturated carbocycles. The average molecular weight is 235 g/mol. The van der Waals surface area contributed by atoms with Crippen LogP contribution in [-0.2, 0) is 10.0 Å². The summed E-state index contributed by atoms with van der Waals surface area (Å²) in [6, 6.07) is 0.0531. The highest BCUT2D eigenvalue weighted by Crippen LogP contribution is 2.21. The van der Waals surface area contributed by atoms with Gasteiger partial charge in [-0.25, -0.2) is 12.7 Å². The zero-order chi connectivity index (χ0) is 12.4. The van der Waals surface area contributed by atoms with Crippen molar-refractivity contribution in [1.29, 1.82) is 0 Å². The molecule has 0 heterocycles. The molecule has 92 valence electrons. The van der Waals surface area contributed by atoms with Crippen LogP contribution in [0.15, 0.2) is 0 Å². The van der Waals surface area contributed by atoms with Crippen LogP contribution in [0, 0.1) is 11.8 Å². The van der Waals surface area contributed by atoms with E-state index in [-0.39, 0.29) is 11.3 Å². The maximum atomic E-state index is 11.9. The summed E-state index contributed by atoms with van der Waals surface area (Å²) in [6.45, 7) is 11.8. The Labute approximate surface area is 94.9 Å². The molecular formula is C11H25NO2S. The van der Waals surface area contributed by atoms with Gasteiger partial charge >= 0.3 is 0 Å². The molecule has 15 heavy (non-hydrogen) atoms. The maximum Gasteiger partial charge on any atom is 0.216 e. The second-order valence-electron chi connectivity index (χ2n) is 4.95. The van der Waals surface area contributed by atoms with Crippen LogP contribution in [0.3, 0.4) is 0 Å². The van der Waals surface area contributed by atoms with Crippen LogP contribution in [0.4, 0.5) is 0 Å². The average Bonchev–Trinajstić information content (AvgIpc) is 2.13. The molecule has 0 radical (unpaired) electrons. The summed E-state index contributed by atoms with van der Waals surface area (Å²) >= 11 is 0. The maximum absolute atomic E-state index is 11.9. The van der Waals surface area contributed by atoms with Crippen molar-refractivity contribution in [3.63, 3.8) is 0 Å². The molecule has 0 amide bonds. The molecule has 4 heteroatoms. The SMILES string of the molecule is CC(C)C(C)[C@@H](C)N(C)S(=O)(=O)C(C)C. The molecule has 0 aromatic rings. The minimum absolute atomic E-state index is 0.0531. The molecule has 3 nitrogen and oxygen atoms in total. The molecule has 0 aliphatic heterocycles. The Kier molecular flexibility index (Phi) is 5.27. The lowest BCUT2D eigenvalue weighted by atomic mass is 9.91. The number of hydrogen-bond donors (Lipinski definition) is 0. The van der Waals surface area contributed by atoms with Crippen molar-refractivity contribution in [3.05, 3.63) is 0 Å². The molecule has 0 bridgehead atoms. The predicted octanol–water partition coefficient (Wildman–Crippen LogP) is 2.34. The summed E-state index contributed by atoms with van der Waals surface area (Å²) in [6.07, 6.45) is 0. The van der Waals surface area contributed by atoms with Crippen molar-refractivity contribution >= 4 is 10.0 Å². The van der Waals surface area contributed by atoms with E-state index in [1.165, 1.54) is 4.31 Å². The van der Waals surface area contributed by atoms with Gasteiger partial charge in [0.2, 0.25) is 10.0 Å². The molecule has 1 unspecified atom stereocenters. The summed E-state index contributed by atoms with van der Waals surface area (Å²) < 4.78 is 25.4. The summed E-state index contributed by atoms with van der Waals surface area (Å²) in [4.78, 5) is 0. The van der Waals surface area contributed by atoms with Crippen LogP contribution in [0.25, 0.3) is 0 Å². The van der Waals surface area contributed by atoms with Gasteiger partial charge in [0.05, 0.1) is 5.25 Å². The van der Waals surface area contributed by atoms with Crippen LogP contribution in [0.2, 0.25) is 0 Å². The van der Waals surface area contributed by atoms with Crippen LogP contribution < -0.4 is 0 Å². The Morgan fingerprint density at radius 1 is 0.933 bits per heavy atom. The van der Waals surface area contributed by atoms with Gasteiger partial charge in [-0.1, -0.05) is 20.8 Å². The zero-order valence-corrected chi connectivity index (χ0v) is 11.8. The van der Waals surface area contributed by atoms with Crippen molar-refractivity contribution in [2.45, 2.75) is 52.8 Å². The van der Waals surface area contributed by atoms with Crippen molar-refractivity contribution in [2.75, 3.05) is 7.05 Å². The Morgan fingerprint density at radius 3 is 1.60 bits per heavy atom. The van der Waals surface area contributed by atoms with E-state index in [1.807, 2.05) is 6.92 Å². The van der Waals surface area contributed by atoms with Crippen molar-refractivity contribution < 1.29 is 8.42 Å². The van der Waals surface area contributed by atoms with Crippen LogP contribution in [0.1, 0.15) is 41.5 Å². The van der Waals surface area contributed by atoms with Crippen LogP contribution >= 0.6 is 0 Å². The summed E-state index contributed by atoms with van der Waals surface area (Å²) in [5.74, 6) is 0.855. The molecule has 2 atom stereocenters. The van der Waals surface area contributed by atoms with Gasteiger partial charge in [-0.2, -0.15) is 0 Å². The van der Waals surface area contributed by atoms with Crippen molar-refractivity contribution in [1.82, 2.24) is 4.31 Å². The van der Waals surface area contributed by atoms with Crippen LogP contribution in [0.5, 0.6) is 0 Å². The Bertz CT molecular complexity index is 283. The van der Waals surface area contributed by atoms with E-state index < -0.39 is 10.0 Å². The van der Waals surface area contributed by atoms with Gasteiger partial charge in [0.15, 0.2) is 0 Å². The number of sulfonamides is 1. The summed E-state index contributed by atoms with van der Waals surface area (Å²) in [5, 5.41) is -0.343. The van der Waals surface area contributed by atoms with Gasteiger partial charge in [-0.3, -0.25) is 0 Å². The lowest BCUT2D eigenvalue weighted by Crippen LogP contribution is -2.43. The molecule has 0 aliphatic rings. The van der Waals surface area contributed by atoms with Crippen molar-refractivity contribution in [3.8, 4) is 0 Å². The molecular weight excluding hydrogens is 210 g/mol. The van der Waals surface area contributed by atoms with Crippen molar-refractivity contribution in [2.24, 2.45) is 11.8 Å². The van der Waals surface area contributed by atoms with E-state index >= 15 is 0 Å². The molecule has 0 N–H and O–H groups in total. The smallest absolute Gasteiger partial charge is 0.212 e. The minimum Gasteiger partial charge on any atom is -0.212 e. The van der Waals surface area contributed by atoms with E-state index in [0.29, 0.717) is 11.8 Å². The first-order chi connectivity index (χ1) is 6.62. The van der Waals surface area contributed by atoms with Crippen LogP contribution in [-0.4, -0.2) is 31.1 Å². The quantitative estimate of drug-likeness (QED) is 0.733. The highest BCUT2D eigenvalue weighted by molar-refractivity contribution is 7.89. The highest BCUT2D eigenvalue weighted by atomic mass is 32.2. The third-order valence-electron chi connectivity index (χ3n) is 3.38. The molecule has 0 fully saturated rings. The van der Waals surface area contributed by atoms with Gasteiger partial charge in [0.1, 0.15) is 0 Å². The molecule has 0 rings (SSSR count). The van der Waals surface area contributed by atoms with E-state index in [2.05, 4.69) is 20.8 Å². The third kappa shape index (κ3) is 3.45. The van der Waals surface area contributed by atoms with E-state index in [4.69, 9.17) is 0 Å². The monoisotopic (exact) mass is 235 g/mol. The van der Waals surface area contributed by atoms with Gasteiger partial charge < -0.3 is 0 Å². The third-order valence-corrected chi connectivity index (χ3v) is 5.71. The standard InChI is InChI=1S/C11H25NO2S/c1-8(2)10(5)11(6)12(7)15(13,14)9(3)4/h8-11H,1-7H3/t10?,11-/m1/s1. The first-order valence-corrected chi connectivity index (χ1v) is 7.09. The Hall–Kier alpha value is -0.0900. The molecule has 0 saturated heterocycles. The fourth-order valence-corrected chi connectivity index (χ4v) is 2.77. The second kappa shape index (κ2) is 5.30. The summed E-state index contributed by atoms with van der Waals surface area (Å²) in [5.41, 5.74) is 0. The van der Waals surface area contributed by atoms with E-state index in [9.17, 15) is 8.42 Å². The van der Waals surface area contributed by atoms with Gasteiger partial charge in [0.25, 0.3) is 0 Å². The lowest BCUT2D eigenvalue weighted by molar-refractivity contribution is 0.246. The molecule has 0 spiro atoms. The summed E-state index contributed by atoms with van der Waals surface area (Å²) in [7, 11) is -1.44. The largest absolute Gasteiger partial charge is 0.216 e. The fraction of sp³-hybridized carbons (Fsp3) is 1.00. The molecule has 0 aromatic heterocycles.